The Morgan fingerprint density at radius 3 is 2.62 bits per heavy atom. The van der Waals surface area contributed by atoms with Gasteiger partial charge in [0.1, 0.15) is 0 Å². The molecule has 7 heteroatoms. The fraction of sp³-hybridized carbons (Fsp3) is 0.333. The Morgan fingerprint density at radius 2 is 2.19 bits per heavy atom. The van der Waals surface area contributed by atoms with Gasteiger partial charge in [-0.15, -0.1) is 12.4 Å². The van der Waals surface area contributed by atoms with E-state index in [1.807, 2.05) is 6.92 Å². The largest absolute Gasteiger partial charge is 0.493 e. The van der Waals surface area contributed by atoms with Crippen LogP contribution in [0.15, 0.2) is 16.6 Å². The van der Waals surface area contributed by atoms with Crippen molar-refractivity contribution in [2.75, 3.05) is 19.0 Å². The molecule has 1 rings (SSSR count). The van der Waals surface area contributed by atoms with Crippen molar-refractivity contribution in [3.05, 3.63) is 26.7 Å². The van der Waals surface area contributed by atoms with Gasteiger partial charge < -0.3 is 10.1 Å². The Morgan fingerprint density at radius 1 is 1.56 bits per heavy atom. The number of rotatable bonds is 4. The van der Waals surface area contributed by atoms with Crippen LogP contribution in [0.2, 0.25) is 0 Å². The van der Waals surface area contributed by atoms with Gasteiger partial charge >= 0.3 is 0 Å². The van der Waals surface area contributed by atoms with E-state index in [1.54, 1.807) is 6.07 Å². The standard InChI is InChI=1S/C9H11BrN2O3.ClH/c1-3-11-8-7(12(13)14)5-4-6(10)9(8)15-2;/h4-5,11H,3H2,1-2H3;1H. The number of nitrogens with zero attached hydrogens (tertiary/aromatic N) is 1. The molecule has 0 aliphatic heterocycles. The van der Waals surface area contributed by atoms with Crippen molar-refractivity contribution in [3.8, 4) is 5.75 Å². The van der Waals surface area contributed by atoms with E-state index in [-0.39, 0.29) is 18.1 Å². The van der Waals surface area contributed by atoms with E-state index >= 15 is 0 Å². The highest BCUT2D eigenvalue weighted by atomic mass is 79.9. The molecule has 1 N–H and O–H groups in total. The fourth-order valence-corrected chi connectivity index (χ4v) is 1.74. The van der Waals surface area contributed by atoms with Crippen LogP contribution in [0.5, 0.6) is 5.75 Å². The van der Waals surface area contributed by atoms with Gasteiger partial charge in [-0.2, -0.15) is 0 Å². The average Bonchev–Trinajstić information content (AvgIpc) is 2.18. The molecule has 0 saturated heterocycles. The van der Waals surface area contributed by atoms with Crippen LogP contribution in [0.4, 0.5) is 11.4 Å². The first-order chi connectivity index (χ1) is 7.11. The zero-order valence-electron chi connectivity index (χ0n) is 8.82. The highest BCUT2D eigenvalue weighted by Crippen LogP contribution is 2.39. The van der Waals surface area contributed by atoms with Gasteiger partial charge in [-0.3, -0.25) is 10.1 Å². The summed E-state index contributed by atoms with van der Waals surface area (Å²) in [5, 5.41) is 13.7. The summed E-state index contributed by atoms with van der Waals surface area (Å²) < 4.78 is 5.79. The van der Waals surface area contributed by atoms with Crippen LogP contribution < -0.4 is 10.1 Å². The number of nitrogens with one attached hydrogen (secondary N) is 1. The third-order valence-corrected chi connectivity index (χ3v) is 2.47. The molecule has 0 unspecified atom stereocenters. The summed E-state index contributed by atoms with van der Waals surface area (Å²) in [6.07, 6.45) is 0. The Kier molecular flexibility index (Phi) is 6.13. The molecule has 90 valence electrons. The summed E-state index contributed by atoms with van der Waals surface area (Å²) in [7, 11) is 1.48. The first-order valence-electron chi connectivity index (χ1n) is 4.36. The van der Waals surface area contributed by atoms with Crippen molar-refractivity contribution < 1.29 is 9.66 Å². The van der Waals surface area contributed by atoms with Crippen LogP contribution >= 0.6 is 28.3 Å². The monoisotopic (exact) mass is 310 g/mol. The second-order valence-electron chi connectivity index (χ2n) is 2.76. The van der Waals surface area contributed by atoms with Crippen molar-refractivity contribution in [3.63, 3.8) is 0 Å². The third-order valence-electron chi connectivity index (χ3n) is 1.84. The summed E-state index contributed by atoms with van der Waals surface area (Å²) >= 11 is 3.27. The fourth-order valence-electron chi connectivity index (χ4n) is 1.25. The highest BCUT2D eigenvalue weighted by Gasteiger charge is 2.20. The zero-order chi connectivity index (χ0) is 11.4. The second kappa shape index (κ2) is 6.55. The predicted octanol–water partition coefficient (Wildman–Crippen LogP) is 3.22. The molecular weight excluding hydrogens is 299 g/mol. The Balaban J connectivity index is 0.00000225. The number of methoxy groups -OCH3 is 1. The lowest BCUT2D eigenvalue weighted by atomic mass is 10.2. The first kappa shape index (κ1) is 15.0. The van der Waals surface area contributed by atoms with Gasteiger partial charge in [0.25, 0.3) is 5.69 Å². The van der Waals surface area contributed by atoms with Crippen molar-refractivity contribution in [2.45, 2.75) is 6.92 Å². The van der Waals surface area contributed by atoms with Crippen molar-refractivity contribution >= 4 is 39.7 Å². The topological polar surface area (TPSA) is 64.4 Å². The van der Waals surface area contributed by atoms with Gasteiger partial charge in [-0.05, 0) is 28.9 Å². The number of nitro benzene ring substituents is 1. The number of benzene rings is 1. The molecular formula is C9H12BrClN2O3. The Labute approximate surface area is 108 Å². The smallest absolute Gasteiger partial charge is 0.296 e. The van der Waals surface area contributed by atoms with E-state index in [0.29, 0.717) is 22.5 Å². The van der Waals surface area contributed by atoms with E-state index in [9.17, 15) is 10.1 Å². The van der Waals surface area contributed by atoms with Crippen LogP contribution in [-0.4, -0.2) is 18.6 Å². The van der Waals surface area contributed by atoms with E-state index in [2.05, 4.69) is 21.2 Å². The van der Waals surface area contributed by atoms with Gasteiger partial charge in [0.05, 0.1) is 16.5 Å². The number of hydrogen-bond donors (Lipinski definition) is 1. The summed E-state index contributed by atoms with van der Waals surface area (Å²) in [4.78, 5) is 10.3. The first-order valence-corrected chi connectivity index (χ1v) is 5.15. The van der Waals surface area contributed by atoms with Crippen LogP contribution in [0.1, 0.15) is 6.92 Å². The summed E-state index contributed by atoms with van der Waals surface area (Å²) in [6, 6.07) is 3.03. The molecule has 1 aromatic carbocycles. The summed E-state index contributed by atoms with van der Waals surface area (Å²) in [5.74, 6) is 0.450. The molecule has 0 fully saturated rings. The van der Waals surface area contributed by atoms with Crippen LogP contribution in [0.25, 0.3) is 0 Å². The maximum absolute atomic E-state index is 10.8. The number of halogens is 2. The van der Waals surface area contributed by atoms with E-state index in [0.717, 1.165) is 0 Å². The SMILES string of the molecule is CCNc1c([N+](=O)[O-])ccc(Br)c1OC.Cl. The lowest BCUT2D eigenvalue weighted by Gasteiger charge is -2.11. The number of anilines is 1. The molecule has 0 radical (unpaired) electrons. The third kappa shape index (κ3) is 2.99. The molecule has 0 aliphatic rings. The van der Waals surface area contributed by atoms with Gasteiger partial charge in [0, 0.05) is 12.6 Å². The minimum Gasteiger partial charge on any atom is -0.493 e. The molecule has 5 nitrogen and oxygen atoms in total. The lowest BCUT2D eigenvalue weighted by molar-refractivity contribution is -0.384. The van der Waals surface area contributed by atoms with Crippen molar-refractivity contribution in [1.29, 1.82) is 0 Å². The average molecular weight is 312 g/mol. The van der Waals surface area contributed by atoms with E-state index in [1.165, 1.54) is 13.2 Å². The van der Waals surface area contributed by atoms with Gasteiger partial charge in [0.15, 0.2) is 11.4 Å². The number of hydrogen-bond acceptors (Lipinski definition) is 4. The second-order valence-corrected chi connectivity index (χ2v) is 3.62. The maximum atomic E-state index is 10.8. The minimum atomic E-state index is -0.438. The van der Waals surface area contributed by atoms with Gasteiger partial charge in [-0.25, -0.2) is 0 Å². The van der Waals surface area contributed by atoms with Crippen molar-refractivity contribution in [2.24, 2.45) is 0 Å². The molecule has 0 spiro atoms. The molecule has 0 amide bonds. The van der Waals surface area contributed by atoms with Crippen LogP contribution in [0.3, 0.4) is 0 Å². The number of ether oxygens (including phenoxy) is 1. The zero-order valence-corrected chi connectivity index (χ0v) is 11.2. The molecule has 0 aliphatic carbocycles. The molecule has 0 atom stereocenters. The minimum absolute atomic E-state index is 0. The molecule has 0 heterocycles. The molecule has 1 aromatic rings. The van der Waals surface area contributed by atoms with Gasteiger partial charge in [-0.1, -0.05) is 0 Å². The van der Waals surface area contributed by atoms with Crippen LogP contribution in [0, 0.1) is 10.1 Å². The molecule has 0 aromatic heterocycles. The molecule has 0 bridgehead atoms. The predicted molar refractivity (Wildman–Crippen MR) is 68.8 cm³/mol. The van der Waals surface area contributed by atoms with Crippen molar-refractivity contribution in [1.82, 2.24) is 0 Å². The number of nitro groups is 1. The molecule has 16 heavy (non-hydrogen) atoms. The van der Waals surface area contributed by atoms with E-state index in [4.69, 9.17) is 4.74 Å². The summed E-state index contributed by atoms with van der Waals surface area (Å²) in [6.45, 7) is 2.46. The molecule has 0 saturated carbocycles. The summed E-state index contributed by atoms with van der Waals surface area (Å²) in [5.41, 5.74) is 0.413. The Bertz CT molecular complexity index is 387. The quantitative estimate of drug-likeness (QED) is 0.685. The van der Waals surface area contributed by atoms with Crippen LogP contribution in [-0.2, 0) is 0 Å². The Hall–Kier alpha value is -1.01. The lowest BCUT2D eigenvalue weighted by Crippen LogP contribution is -2.03. The maximum Gasteiger partial charge on any atom is 0.296 e. The van der Waals surface area contributed by atoms with Gasteiger partial charge in [0.2, 0.25) is 0 Å². The normalized spacial score (nSPS) is 9.19. The highest BCUT2D eigenvalue weighted by molar-refractivity contribution is 9.10. The van der Waals surface area contributed by atoms with E-state index < -0.39 is 4.92 Å².